The molecule has 8 heteroatoms. The van der Waals surface area contributed by atoms with E-state index in [1.54, 1.807) is 0 Å². The summed E-state index contributed by atoms with van der Waals surface area (Å²) in [5, 5.41) is 16.7. The minimum Gasteiger partial charge on any atom is -0.346 e. The average Bonchev–Trinajstić information content (AvgIpc) is 3.24. The number of rotatable bonds is 4. The van der Waals surface area contributed by atoms with Crippen LogP contribution < -0.4 is 10.2 Å². The third kappa shape index (κ3) is 2.95. The van der Waals surface area contributed by atoms with Crippen LogP contribution in [0.3, 0.4) is 0 Å². The van der Waals surface area contributed by atoms with Crippen LogP contribution in [0.15, 0.2) is 23.6 Å². The fraction of sp³-hybridized carbons (Fsp3) is 0.333. The molecule has 1 fully saturated rings. The highest BCUT2D eigenvalue weighted by atomic mass is 32.1. The van der Waals surface area contributed by atoms with E-state index in [-0.39, 0.29) is 5.78 Å². The van der Waals surface area contributed by atoms with Crippen LogP contribution in [0.4, 0.5) is 5.13 Å². The van der Waals surface area contributed by atoms with Gasteiger partial charge in [-0.25, -0.2) is 4.98 Å². The molecule has 2 aromatic heterocycles. The smallest absolute Gasteiger partial charge is 0.186 e. The summed E-state index contributed by atoms with van der Waals surface area (Å²) in [6, 6.07) is 5.67. The number of H-pyrrole nitrogens is 1. The Morgan fingerprint density at radius 3 is 2.91 bits per heavy atom. The molecule has 1 aromatic carbocycles. The van der Waals surface area contributed by atoms with E-state index in [0.29, 0.717) is 12.1 Å². The number of fused-ring (bicyclic) bond motifs is 1. The summed E-state index contributed by atoms with van der Waals surface area (Å²) in [4.78, 5) is 19.2. The van der Waals surface area contributed by atoms with E-state index in [1.165, 1.54) is 11.3 Å². The molecular weight excluding hydrogens is 312 g/mol. The van der Waals surface area contributed by atoms with Crippen molar-refractivity contribution in [2.75, 3.05) is 31.1 Å². The quantitative estimate of drug-likeness (QED) is 0.701. The predicted molar refractivity (Wildman–Crippen MR) is 89.1 cm³/mol. The van der Waals surface area contributed by atoms with E-state index < -0.39 is 0 Å². The molecule has 0 bridgehead atoms. The topological polar surface area (TPSA) is 86.8 Å². The van der Waals surface area contributed by atoms with Gasteiger partial charge in [0.15, 0.2) is 10.9 Å². The monoisotopic (exact) mass is 328 g/mol. The molecular formula is C15H16N6OS. The highest BCUT2D eigenvalue weighted by molar-refractivity contribution is 7.13. The highest BCUT2D eigenvalue weighted by Crippen LogP contribution is 2.22. The second kappa shape index (κ2) is 6.05. The lowest BCUT2D eigenvalue weighted by atomic mass is 10.1. The molecule has 0 unspecified atom stereocenters. The lowest BCUT2D eigenvalue weighted by Gasteiger charge is -2.26. The number of aromatic nitrogens is 4. The first kappa shape index (κ1) is 14.3. The molecule has 0 amide bonds. The van der Waals surface area contributed by atoms with Gasteiger partial charge in [0.05, 0.1) is 0 Å². The highest BCUT2D eigenvalue weighted by Gasteiger charge is 2.17. The molecule has 1 aliphatic heterocycles. The molecule has 0 saturated carbocycles. The normalized spacial score (nSPS) is 15.2. The summed E-state index contributed by atoms with van der Waals surface area (Å²) in [5.74, 6) is 0.0329. The van der Waals surface area contributed by atoms with Crippen LogP contribution in [0.1, 0.15) is 16.1 Å². The summed E-state index contributed by atoms with van der Waals surface area (Å²) >= 11 is 1.54. The number of Topliss-reactive ketones (excluding diaryl/α,β-unsaturated/α-hetero) is 1. The molecule has 0 radical (unpaired) electrons. The first-order chi connectivity index (χ1) is 11.3. The van der Waals surface area contributed by atoms with Crippen molar-refractivity contribution in [2.24, 2.45) is 0 Å². The first-order valence-corrected chi connectivity index (χ1v) is 8.41. The van der Waals surface area contributed by atoms with E-state index in [0.717, 1.165) is 47.9 Å². The third-order valence-electron chi connectivity index (χ3n) is 3.91. The number of nitrogens with one attached hydrogen (secondary N) is 2. The number of aromatic amines is 1. The second-order valence-corrected chi connectivity index (χ2v) is 6.34. The average molecular weight is 328 g/mol. The summed E-state index contributed by atoms with van der Waals surface area (Å²) in [6.45, 7) is 3.79. The Kier molecular flexibility index (Phi) is 3.76. The van der Waals surface area contributed by atoms with Crippen LogP contribution in [0.2, 0.25) is 0 Å². The lowest BCUT2D eigenvalue weighted by Crippen LogP contribution is -2.43. The van der Waals surface area contributed by atoms with Gasteiger partial charge >= 0.3 is 0 Å². The number of hydrogen-bond acceptors (Lipinski definition) is 7. The van der Waals surface area contributed by atoms with Gasteiger partial charge in [-0.2, -0.15) is 15.4 Å². The minimum absolute atomic E-state index is 0.0329. The number of benzene rings is 1. The molecule has 0 atom stereocenters. The van der Waals surface area contributed by atoms with Crippen molar-refractivity contribution in [1.29, 1.82) is 0 Å². The van der Waals surface area contributed by atoms with Crippen LogP contribution >= 0.6 is 11.3 Å². The standard InChI is InChI=1S/C15H16N6OS/c22-14(8-10-1-2-11-12(7-10)19-20-18-11)13-9-23-15(17-13)21-5-3-16-4-6-21/h1-2,7,9,16H,3-6,8H2,(H,18,19,20). The van der Waals surface area contributed by atoms with Crippen LogP contribution in [0.5, 0.6) is 0 Å². The largest absolute Gasteiger partial charge is 0.346 e. The molecule has 0 spiro atoms. The van der Waals surface area contributed by atoms with Crippen molar-refractivity contribution in [1.82, 2.24) is 25.7 Å². The van der Waals surface area contributed by atoms with Gasteiger partial charge in [0, 0.05) is 38.0 Å². The number of carbonyl (C=O) groups is 1. The minimum atomic E-state index is 0.0329. The van der Waals surface area contributed by atoms with Crippen LogP contribution in [0, 0.1) is 0 Å². The molecule has 23 heavy (non-hydrogen) atoms. The zero-order valence-corrected chi connectivity index (χ0v) is 13.3. The summed E-state index contributed by atoms with van der Waals surface area (Å²) in [7, 11) is 0. The van der Waals surface area contributed by atoms with Gasteiger partial charge in [-0.3, -0.25) is 4.79 Å². The summed E-state index contributed by atoms with van der Waals surface area (Å²) < 4.78 is 0. The fourth-order valence-corrected chi connectivity index (χ4v) is 3.55. The molecule has 0 aliphatic carbocycles. The molecule has 4 rings (SSSR count). The SMILES string of the molecule is O=C(Cc1ccc2n[nH]nc2c1)c1csc(N2CCNCC2)n1. The Morgan fingerprint density at radius 1 is 1.22 bits per heavy atom. The van der Waals surface area contributed by atoms with Crippen molar-refractivity contribution in [3.8, 4) is 0 Å². The van der Waals surface area contributed by atoms with Crippen molar-refractivity contribution < 1.29 is 4.79 Å². The number of piperazine rings is 1. The number of anilines is 1. The Labute approximate surface area is 136 Å². The van der Waals surface area contributed by atoms with Crippen molar-refractivity contribution in [3.05, 3.63) is 34.8 Å². The van der Waals surface area contributed by atoms with Crippen LogP contribution in [-0.4, -0.2) is 52.4 Å². The molecule has 2 N–H and O–H groups in total. The van der Waals surface area contributed by atoms with E-state index in [4.69, 9.17) is 0 Å². The number of ketones is 1. The maximum absolute atomic E-state index is 12.5. The van der Waals surface area contributed by atoms with Gasteiger partial charge in [-0.1, -0.05) is 6.07 Å². The Hall–Kier alpha value is -2.32. The first-order valence-electron chi connectivity index (χ1n) is 7.53. The maximum atomic E-state index is 12.5. The fourth-order valence-electron chi connectivity index (χ4n) is 2.67. The van der Waals surface area contributed by atoms with Gasteiger partial charge in [-0.05, 0) is 17.7 Å². The number of nitrogens with zero attached hydrogens (tertiary/aromatic N) is 4. The van der Waals surface area contributed by atoms with Crippen LogP contribution in [0.25, 0.3) is 11.0 Å². The van der Waals surface area contributed by atoms with Crippen molar-refractivity contribution in [2.45, 2.75) is 6.42 Å². The zero-order chi connectivity index (χ0) is 15.6. The van der Waals surface area contributed by atoms with Gasteiger partial charge < -0.3 is 10.2 Å². The predicted octanol–water partition coefficient (Wildman–Crippen LogP) is 1.25. The number of carbonyl (C=O) groups excluding carboxylic acids is 1. The molecule has 7 nitrogen and oxygen atoms in total. The molecule has 3 aromatic rings. The van der Waals surface area contributed by atoms with E-state index >= 15 is 0 Å². The zero-order valence-electron chi connectivity index (χ0n) is 12.5. The van der Waals surface area contributed by atoms with Gasteiger partial charge in [0.1, 0.15) is 16.7 Å². The summed E-state index contributed by atoms with van der Waals surface area (Å²) in [5.41, 5.74) is 3.04. The number of hydrogen-bond donors (Lipinski definition) is 2. The van der Waals surface area contributed by atoms with E-state index in [1.807, 2.05) is 23.6 Å². The van der Waals surface area contributed by atoms with Gasteiger partial charge in [0.2, 0.25) is 0 Å². The molecule has 3 heterocycles. The molecule has 1 aliphatic rings. The number of thiazole rings is 1. The van der Waals surface area contributed by atoms with Crippen LogP contribution in [-0.2, 0) is 6.42 Å². The van der Waals surface area contributed by atoms with Crippen molar-refractivity contribution >= 4 is 33.3 Å². The molecule has 1 saturated heterocycles. The Bertz CT molecular complexity index is 835. The Balaban J connectivity index is 1.49. The second-order valence-electron chi connectivity index (χ2n) is 5.50. The molecule has 118 valence electrons. The summed E-state index contributed by atoms with van der Waals surface area (Å²) in [6.07, 6.45) is 0.327. The van der Waals surface area contributed by atoms with Gasteiger partial charge in [0.25, 0.3) is 0 Å². The lowest BCUT2D eigenvalue weighted by molar-refractivity contribution is 0.0989. The van der Waals surface area contributed by atoms with E-state index in [9.17, 15) is 4.79 Å². The maximum Gasteiger partial charge on any atom is 0.186 e. The van der Waals surface area contributed by atoms with Gasteiger partial charge in [-0.15, -0.1) is 11.3 Å². The van der Waals surface area contributed by atoms with E-state index in [2.05, 4.69) is 30.6 Å². The Morgan fingerprint density at radius 2 is 2.04 bits per heavy atom. The van der Waals surface area contributed by atoms with Crippen molar-refractivity contribution in [3.63, 3.8) is 0 Å². The third-order valence-corrected chi connectivity index (χ3v) is 4.81.